The van der Waals surface area contributed by atoms with Gasteiger partial charge in [-0.3, -0.25) is 24.1 Å². The van der Waals surface area contributed by atoms with Crippen LogP contribution in [0.15, 0.2) is 24.3 Å². The Morgan fingerprint density at radius 3 is 2.12 bits per heavy atom. The van der Waals surface area contributed by atoms with Gasteiger partial charge in [0.1, 0.15) is 0 Å². The Balaban J connectivity index is 2.05. The van der Waals surface area contributed by atoms with Gasteiger partial charge in [-0.05, 0) is 11.5 Å². The van der Waals surface area contributed by atoms with E-state index >= 15 is 0 Å². The van der Waals surface area contributed by atoms with Crippen molar-refractivity contribution >= 4 is 29.5 Å². The predicted octanol–water partition coefficient (Wildman–Crippen LogP) is 0.952. The van der Waals surface area contributed by atoms with Crippen molar-refractivity contribution in [2.75, 3.05) is 13.1 Å². The van der Waals surface area contributed by atoms with Gasteiger partial charge >= 0.3 is 17.8 Å². The lowest BCUT2D eigenvalue weighted by molar-refractivity contribution is -0.143. The molecule has 0 spiro atoms. The number of amides is 5. The molecular formula is C18H21N3O5. The molecule has 1 heterocycles. The summed E-state index contributed by atoms with van der Waals surface area (Å²) in [6, 6.07) is 5.69. The van der Waals surface area contributed by atoms with Crippen molar-refractivity contribution in [3.05, 3.63) is 35.4 Å². The van der Waals surface area contributed by atoms with Gasteiger partial charge < -0.3 is 5.32 Å². The first kappa shape index (κ1) is 19.3. The number of Topliss-reactive ketones (excluding diaryl/α,β-unsaturated/α-hetero) is 1. The molecule has 0 saturated carbocycles. The molecule has 1 aliphatic heterocycles. The first-order valence-electron chi connectivity index (χ1n) is 8.24. The van der Waals surface area contributed by atoms with Crippen LogP contribution in [-0.2, 0) is 20.9 Å². The molecule has 8 nitrogen and oxygen atoms in total. The summed E-state index contributed by atoms with van der Waals surface area (Å²) in [5, 5.41) is 2.64. The van der Waals surface area contributed by atoms with Crippen molar-refractivity contribution < 1.29 is 24.0 Å². The summed E-state index contributed by atoms with van der Waals surface area (Å²) in [4.78, 5) is 61.0. The van der Waals surface area contributed by atoms with Crippen LogP contribution in [0.4, 0.5) is 4.79 Å². The molecule has 0 atom stereocenters. The number of nitrogens with zero attached hydrogens (tertiary/aromatic N) is 2. The number of benzene rings is 1. The highest BCUT2D eigenvalue weighted by atomic mass is 16.2. The second kappa shape index (κ2) is 7.90. The quantitative estimate of drug-likeness (QED) is 0.443. The Hall–Kier alpha value is -3.03. The Morgan fingerprint density at radius 1 is 1.00 bits per heavy atom. The third kappa shape index (κ3) is 4.33. The van der Waals surface area contributed by atoms with Crippen LogP contribution >= 0.6 is 0 Å². The first-order chi connectivity index (χ1) is 12.2. The lowest BCUT2D eigenvalue weighted by Gasteiger charge is -2.16. The van der Waals surface area contributed by atoms with E-state index in [0.717, 1.165) is 10.5 Å². The Kier molecular flexibility index (Phi) is 5.86. The summed E-state index contributed by atoms with van der Waals surface area (Å²) in [5.41, 5.74) is 1.12. The van der Waals surface area contributed by atoms with Gasteiger partial charge in [0.25, 0.3) is 0 Å². The zero-order valence-corrected chi connectivity index (χ0v) is 14.9. The van der Waals surface area contributed by atoms with Gasteiger partial charge in [-0.25, -0.2) is 9.69 Å². The first-order valence-corrected chi connectivity index (χ1v) is 8.24. The number of urea groups is 1. The van der Waals surface area contributed by atoms with Crippen LogP contribution in [-0.4, -0.2) is 52.4 Å². The molecule has 1 aliphatic rings. The molecule has 1 fully saturated rings. The zero-order valence-electron chi connectivity index (χ0n) is 14.9. The van der Waals surface area contributed by atoms with Crippen LogP contribution in [0, 0.1) is 5.92 Å². The molecule has 5 amide bonds. The highest BCUT2D eigenvalue weighted by molar-refractivity contribution is 6.45. The van der Waals surface area contributed by atoms with Crippen LogP contribution < -0.4 is 5.32 Å². The standard InChI is InChI=1S/C18H21N3O5/c1-11(2)9-20-16(24)17(25)21(18(20)26)10-15(23)14-6-4-13(5-7-14)8-19-12(3)22/h4-7,11H,8-10H2,1-3H3,(H,19,22). The lowest BCUT2D eigenvalue weighted by Crippen LogP contribution is -2.38. The third-order valence-corrected chi connectivity index (χ3v) is 3.80. The molecule has 0 aromatic heterocycles. The van der Waals surface area contributed by atoms with E-state index in [1.54, 1.807) is 24.3 Å². The van der Waals surface area contributed by atoms with Crippen molar-refractivity contribution in [1.29, 1.82) is 0 Å². The minimum atomic E-state index is -0.980. The van der Waals surface area contributed by atoms with Gasteiger partial charge in [0.05, 0.1) is 6.54 Å². The van der Waals surface area contributed by atoms with Crippen molar-refractivity contribution in [3.8, 4) is 0 Å². The number of ketones is 1. The molecule has 0 radical (unpaired) electrons. The SMILES string of the molecule is CC(=O)NCc1ccc(C(=O)CN2C(=O)C(=O)N(CC(C)C)C2=O)cc1. The van der Waals surface area contributed by atoms with Gasteiger partial charge in [-0.15, -0.1) is 0 Å². The van der Waals surface area contributed by atoms with Crippen LogP contribution in [0.1, 0.15) is 36.7 Å². The average Bonchev–Trinajstić information content (AvgIpc) is 2.78. The maximum absolute atomic E-state index is 12.4. The fraction of sp³-hybridized carbons (Fsp3) is 0.389. The predicted molar refractivity (Wildman–Crippen MR) is 92.0 cm³/mol. The van der Waals surface area contributed by atoms with E-state index in [2.05, 4.69) is 5.32 Å². The molecule has 2 rings (SSSR count). The van der Waals surface area contributed by atoms with Gasteiger partial charge in [-0.2, -0.15) is 0 Å². The summed E-state index contributed by atoms with van der Waals surface area (Å²) in [5.74, 6) is -2.47. The molecule has 1 aromatic carbocycles. The lowest BCUT2D eigenvalue weighted by atomic mass is 10.1. The summed E-state index contributed by atoms with van der Waals surface area (Å²) in [7, 11) is 0. The number of hydrogen-bond donors (Lipinski definition) is 1. The van der Waals surface area contributed by atoms with Gasteiger partial charge in [0.15, 0.2) is 5.78 Å². The molecule has 0 unspecified atom stereocenters. The van der Waals surface area contributed by atoms with Crippen molar-refractivity contribution in [2.24, 2.45) is 5.92 Å². The van der Waals surface area contributed by atoms with Crippen LogP contribution in [0.25, 0.3) is 0 Å². The van der Waals surface area contributed by atoms with E-state index in [9.17, 15) is 24.0 Å². The number of rotatable bonds is 7. The maximum atomic E-state index is 12.4. The summed E-state index contributed by atoms with van der Waals surface area (Å²) >= 11 is 0. The number of hydrogen-bond acceptors (Lipinski definition) is 5. The van der Waals surface area contributed by atoms with Gasteiger partial charge in [0.2, 0.25) is 5.91 Å². The second-order valence-corrected chi connectivity index (χ2v) is 6.51. The van der Waals surface area contributed by atoms with E-state index in [-0.39, 0.29) is 18.4 Å². The number of carbonyl (C=O) groups excluding carboxylic acids is 5. The highest BCUT2D eigenvalue weighted by Crippen LogP contribution is 2.15. The zero-order chi connectivity index (χ0) is 19.4. The van der Waals surface area contributed by atoms with Crippen LogP contribution in [0.2, 0.25) is 0 Å². The molecule has 138 valence electrons. The second-order valence-electron chi connectivity index (χ2n) is 6.51. The molecule has 8 heteroatoms. The minimum absolute atomic E-state index is 0.0162. The number of imide groups is 2. The molecule has 26 heavy (non-hydrogen) atoms. The largest absolute Gasteiger partial charge is 0.352 e. The summed E-state index contributed by atoms with van der Waals surface area (Å²) < 4.78 is 0. The molecule has 1 aromatic rings. The maximum Gasteiger partial charge on any atom is 0.334 e. The Bertz CT molecular complexity index is 755. The molecule has 0 aliphatic carbocycles. The molecule has 0 bridgehead atoms. The normalized spacial score (nSPS) is 14.4. The van der Waals surface area contributed by atoms with E-state index in [1.807, 2.05) is 13.8 Å². The molecular weight excluding hydrogens is 338 g/mol. The molecule has 1 saturated heterocycles. The monoisotopic (exact) mass is 359 g/mol. The highest BCUT2D eigenvalue weighted by Gasteiger charge is 2.45. The number of carbonyl (C=O) groups is 5. The summed E-state index contributed by atoms with van der Waals surface area (Å²) in [6.45, 7) is 5.04. The smallest absolute Gasteiger partial charge is 0.334 e. The Labute approximate surface area is 151 Å². The molecule has 1 N–H and O–H groups in total. The van der Waals surface area contributed by atoms with E-state index in [4.69, 9.17) is 0 Å². The minimum Gasteiger partial charge on any atom is -0.352 e. The topological polar surface area (TPSA) is 104 Å². The van der Waals surface area contributed by atoms with Gasteiger partial charge in [-0.1, -0.05) is 38.1 Å². The van der Waals surface area contributed by atoms with E-state index in [0.29, 0.717) is 17.0 Å². The van der Waals surface area contributed by atoms with Crippen molar-refractivity contribution in [1.82, 2.24) is 15.1 Å². The average molecular weight is 359 g/mol. The number of nitrogens with one attached hydrogen (secondary N) is 1. The van der Waals surface area contributed by atoms with Crippen LogP contribution in [0.3, 0.4) is 0 Å². The Morgan fingerprint density at radius 2 is 1.58 bits per heavy atom. The van der Waals surface area contributed by atoms with Crippen molar-refractivity contribution in [2.45, 2.75) is 27.3 Å². The van der Waals surface area contributed by atoms with E-state index in [1.165, 1.54) is 6.92 Å². The van der Waals surface area contributed by atoms with Crippen LogP contribution in [0.5, 0.6) is 0 Å². The third-order valence-electron chi connectivity index (χ3n) is 3.80. The fourth-order valence-electron chi connectivity index (χ4n) is 2.49. The summed E-state index contributed by atoms with van der Waals surface area (Å²) in [6.07, 6.45) is 0. The fourth-order valence-corrected chi connectivity index (χ4v) is 2.49. The van der Waals surface area contributed by atoms with Gasteiger partial charge in [0, 0.05) is 25.6 Å². The van der Waals surface area contributed by atoms with E-state index < -0.39 is 30.2 Å². The van der Waals surface area contributed by atoms with Crippen molar-refractivity contribution in [3.63, 3.8) is 0 Å².